The van der Waals surface area contributed by atoms with Gasteiger partial charge in [-0.1, -0.05) is 36.2 Å². The molecule has 13 heavy (non-hydrogen) atoms. The van der Waals surface area contributed by atoms with Crippen molar-refractivity contribution >= 4 is 21.8 Å². The van der Waals surface area contributed by atoms with Gasteiger partial charge >= 0.3 is 0 Å². The van der Waals surface area contributed by atoms with E-state index in [1.165, 1.54) is 0 Å². The molecule has 0 aromatic heterocycles. The fraction of sp³-hybridized carbons (Fsp3) is 0.900. The third kappa shape index (κ3) is 2.97. The predicted molar refractivity (Wildman–Crippen MR) is 57.9 cm³/mol. The van der Waals surface area contributed by atoms with Crippen LogP contribution in [-0.2, 0) is 4.79 Å². The number of likely N-dealkylation sites (tertiary alicyclic amines) is 1. The highest BCUT2D eigenvalue weighted by molar-refractivity contribution is 9.09. The van der Waals surface area contributed by atoms with E-state index >= 15 is 0 Å². The van der Waals surface area contributed by atoms with E-state index in [-0.39, 0.29) is 0 Å². The first-order valence-corrected chi connectivity index (χ1v) is 6.13. The number of hydrogen-bond acceptors (Lipinski definition) is 1. The first-order valence-electron chi connectivity index (χ1n) is 5.01. The molecule has 0 N–H and O–H groups in total. The summed E-state index contributed by atoms with van der Waals surface area (Å²) in [5.74, 6) is 1.52. The molecule has 0 spiro atoms. The lowest BCUT2D eigenvalue weighted by atomic mass is 10.1. The highest BCUT2D eigenvalue weighted by Crippen LogP contribution is 2.19. The smallest absolute Gasteiger partial charge is 0.222 e. The van der Waals surface area contributed by atoms with Crippen molar-refractivity contribution in [2.45, 2.75) is 26.7 Å². The molecule has 2 unspecified atom stereocenters. The Morgan fingerprint density at radius 3 is 2.77 bits per heavy atom. The molecule has 0 radical (unpaired) electrons. The summed E-state index contributed by atoms with van der Waals surface area (Å²) in [5.41, 5.74) is 0. The Hall–Kier alpha value is -0.0500. The van der Waals surface area contributed by atoms with E-state index in [2.05, 4.69) is 29.8 Å². The van der Waals surface area contributed by atoms with Crippen molar-refractivity contribution in [3.63, 3.8) is 0 Å². The summed E-state index contributed by atoms with van der Waals surface area (Å²) in [6.45, 7) is 6.22. The second kappa shape index (κ2) is 4.99. The highest BCUT2D eigenvalue weighted by Gasteiger charge is 2.27. The third-order valence-electron chi connectivity index (χ3n) is 2.68. The van der Waals surface area contributed by atoms with Crippen LogP contribution >= 0.6 is 15.9 Å². The summed E-state index contributed by atoms with van der Waals surface area (Å²) in [7, 11) is 0. The molecule has 1 heterocycles. The second-order valence-electron chi connectivity index (χ2n) is 4.04. The summed E-state index contributed by atoms with van der Waals surface area (Å²) < 4.78 is 0. The van der Waals surface area contributed by atoms with Crippen LogP contribution in [-0.4, -0.2) is 29.2 Å². The van der Waals surface area contributed by atoms with Gasteiger partial charge in [-0.3, -0.25) is 4.79 Å². The summed E-state index contributed by atoms with van der Waals surface area (Å²) >= 11 is 3.48. The minimum atomic E-state index is 0.340. The van der Waals surface area contributed by atoms with Gasteiger partial charge in [0, 0.05) is 24.8 Å². The topological polar surface area (TPSA) is 20.3 Å². The minimum absolute atomic E-state index is 0.340. The minimum Gasteiger partial charge on any atom is -0.342 e. The average molecular weight is 248 g/mol. The van der Waals surface area contributed by atoms with E-state index in [9.17, 15) is 4.79 Å². The van der Waals surface area contributed by atoms with E-state index in [0.717, 1.165) is 31.3 Å². The van der Waals surface area contributed by atoms with Gasteiger partial charge in [-0.2, -0.15) is 0 Å². The zero-order valence-electron chi connectivity index (χ0n) is 8.42. The summed E-state index contributed by atoms with van der Waals surface area (Å²) in [6.07, 6.45) is 1.89. The number of hydrogen-bond donors (Lipinski definition) is 0. The van der Waals surface area contributed by atoms with E-state index in [0.29, 0.717) is 17.7 Å². The number of alkyl halides is 1. The number of halogens is 1. The maximum atomic E-state index is 11.5. The molecule has 2 nitrogen and oxygen atoms in total. The average Bonchev–Trinajstić information content (AvgIpc) is 2.41. The first-order chi connectivity index (χ1) is 6.17. The molecule has 0 aliphatic carbocycles. The normalized spacial score (nSPS) is 25.3. The third-order valence-corrected chi connectivity index (χ3v) is 3.60. The zero-order valence-corrected chi connectivity index (χ0v) is 10.0. The van der Waals surface area contributed by atoms with Gasteiger partial charge in [-0.05, 0) is 11.8 Å². The first kappa shape index (κ1) is 11.0. The van der Waals surface area contributed by atoms with Crippen molar-refractivity contribution in [1.82, 2.24) is 4.90 Å². The number of nitrogens with zero attached hydrogens (tertiary/aromatic N) is 1. The van der Waals surface area contributed by atoms with E-state index in [4.69, 9.17) is 0 Å². The molecule has 1 aliphatic rings. The number of carbonyl (C=O) groups is 1. The van der Waals surface area contributed by atoms with Gasteiger partial charge < -0.3 is 4.90 Å². The van der Waals surface area contributed by atoms with Crippen LogP contribution in [0.5, 0.6) is 0 Å². The maximum absolute atomic E-state index is 11.5. The van der Waals surface area contributed by atoms with Gasteiger partial charge in [0.1, 0.15) is 0 Å². The van der Waals surface area contributed by atoms with Crippen LogP contribution in [0.1, 0.15) is 26.7 Å². The van der Waals surface area contributed by atoms with E-state index in [1.807, 2.05) is 4.90 Å². The number of amides is 1. The quantitative estimate of drug-likeness (QED) is 0.699. The van der Waals surface area contributed by atoms with Crippen LogP contribution in [0.3, 0.4) is 0 Å². The molecular weight excluding hydrogens is 230 g/mol. The fourth-order valence-electron chi connectivity index (χ4n) is 1.74. The Labute approximate surface area is 88.8 Å². The SMILES string of the molecule is CCC(CBr)CN1CC(C)CC1=O. The molecule has 1 aliphatic heterocycles. The van der Waals surface area contributed by atoms with Gasteiger partial charge in [0.15, 0.2) is 0 Å². The van der Waals surface area contributed by atoms with Gasteiger partial charge in [0.2, 0.25) is 5.91 Å². The molecule has 1 fully saturated rings. The monoisotopic (exact) mass is 247 g/mol. The lowest BCUT2D eigenvalue weighted by molar-refractivity contribution is -0.128. The van der Waals surface area contributed by atoms with E-state index in [1.54, 1.807) is 0 Å². The standard InChI is InChI=1S/C10H18BrNO/c1-3-9(5-11)7-12-6-8(2)4-10(12)13/h8-9H,3-7H2,1-2H3. The largest absolute Gasteiger partial charge is 0.342 e. The van der Waals surface area contributed by atoms with Crippen molar-refractivity contribution in [2.24, 2.45) is 11.8 Å². The lowest BCUT2D eigenvalue weighted by Crippen LogP contribution is -2.31. The molecule has 1 amide bonds. The van der Waals surface area contributed by atoms with Crippen molar-refractivity contribution in [3.05, 3.63) is 0 Å². The second-order valence-corrected chi connectivity index (χ2v) is 4.68. The molecular formula is C10H18BrNO. The highest BCUT2D eigenvalue weighted by atomic mass is 79.9. The van der Waals surface area contributed by atoms with Gasteiger partial charge in [0.05, 0.1) is 0 Å². The molecule has 0 bridgehead atoms. The van der Waals surface area contributed by atoms with Crippen LogP contribution in [0.2, 0.25) is 0 Å². The maximum Gasteiger partial charge on any atom is 0.222 e. The molecule has 2 atom stereocenters. The summed E-state index contributed by atoms with van der Waals surface area (Å²) in [5, 5.41) is 1.00. The van der Waals surface area contributed by atoms with Crippen molar-refractivity contribution in [3.8, 4) is 0 Å². The van der Waals surface area contributed by atoms with Crippen LogP contribution in [0, 0.1) is 11.8 Å². The van der Waals surface area contributed by atoms with Crippen molar-refractivity contribution in [1.29, 1.82) is 0 Å². The molecule has 1 rings (SSSR count). The molecule has 1 saturated heterocycles. The molecule has 0 saturated carbocycles. The summed E-state index contributed by atoms with van der Waals surface area (Å²) in [6, 6.07) is 0. The predicted octanol–water partition coefficient (Wildman–Crippen LogP) is 2.28. The zero-order chi connectivity index (χ0) is 9.84. The van der Waals surface area contributed by atoms with Gasteiger partial charge in [-0.25, -0.2) is 0 Å². The number of carbonyl (C=O) groups excluding carboxylic acids is 1. The van der Waals surface area contributed by atoms with Crippen LogP contribution in [0.4, 0.5) is 0 Å². The fourth-order valence-corrected chi connectivity index (χ4v) is 2.41. The Morgan fingerprint density at radius 2 is 2.38 bits per heavy atom. The Morgan fingerprint density at radius 1 is 1.69 bits per heavy atom. The van der Waals surface area contributed by atoms with Crippen molar-refractivity contribution in [2.75, 3.05) is 18.4 Å². The van der Waals surface area contributed by atoms with E-state index < -0.39 is 0 Å². The van der Waals surface area contributed by atoms with Crippen molar-refractivity contribution < 1.29 is 4.79 Å². The molecule has 0 aromatic carbocycles. The molecule has 0 aromatic rings. The van der Waals surface area contributed by atoms with Gasteiger partial charge in [0.25, 0.3) is 0 Å². The summed E-state index contributed by atoms with van der Waals surface area (Å²) in [4.78, 5) is 13.5. The van der Waals surface area contributed by atoms with Crippen LogP contribution < -0.4 is 0 Å². The Balaban J connectivity index is 2.40. The van der Waals surface area contributed by atoms with Gasteiger partial charge in [-0.15, -0.1) is 0 Å². The lowest BCUT2D eigenvalue weighted by Gasteiger charge is -2.21. The number of rotatable bonds is 4. The van der Waals surface area contributed by atoms with Crippen LogP contribution in [0.15, 0.2) is 0 Å². The molecule has 76 valence electrons. The molecule has 3 heteroatoms. The Bertz CT molecular complexity index is 180. The van der Waals surface area contributed by atoms with Crippen LogP contribution in [0.25, 0.3) is 0 Å². The Kier molecular flexibility index (Phi) is 4.23.